The molecule has 2 aliphatic carbocycles. The zero-order valence-electron chi connectivity index (χ0n) is 12.8. The molecule has 1 aromatic heterocycles. The lowest BCUT2D eigenvalue weighted by atomic mass is 10.0. The third-order valence-electron chi connectivity index (χ3n) is 4.24. The van der Waals surface area contributed by atoms with Crippen LogP contribution >= 0.6 is 15.9 Å². The van der Waals surface area contributed by atoms with E-state index in [9.17, 15) is 9.59 Å². The average Bonchev–Trinajstić information content (AvgIpc) is 3.38. The van der Waals surface area contributed by atoms with Gasteiger partial charge in [0.05, 0.1) is 12.5 Å². The second kappa shape index (κ2) is 6.86. The number of hydrogen-bond donors (Lipinski definition) is 2. The number of primary amides is 1. The topological polar surface area (TPSA) is 94.3 Å². The van der Waals surface area contributed by atoms with E-state index in [0.717, 1.165) is 17.3 Å². The maximum Gasteiger partial charge on any atom is 0.273 e. The van der Waals surface area contributed by atoms with Crippen molar-refractivity contribution in [1.29, 1.82) is 0 Å². The summed E-state index contributed by atoms with van der Waals surface area (Å²) in [6, 6.07) is 1.75. The van der Waals surface area contributed by atoms with Gasteiger partial charge >= 0.3 is 0 Å². The second-order valence-electron chi connectivity index (χ2n) is 6.31. The van der Waals surface area contributed by atoms with E-state index in [2.05, 4.69) is 26.2 Å². The molecule has 7 heteroatoms. The van der Waals surface area contributed by atoms with Gasteiger partial charge in [-0.05, 0) is 59.5 Å². The number of nitrogens with two attached hydrogens (primary N) is 1. The molecule has 0 aliphatic heterocycles. The molecule has 1 atom stereocenters. The van der Waals surface area contributed by atoms with Crippen LogP contribution in [-0.2, 0) is 4.79 Å². The number of nitrogens with zero attached hydrogens (tertiary/aromatic N) is 1. The molecule has 0 spiro atoms. The van der Waals surface area contributed by atoms with E-state index in [4.69, 9.17) is 10.5 Å². The number of nitrogens with one attached hydrogen (secondary N) is 1. The van der Waals surface area contributed by atoms with Gasteiger partial charge in [0.2, 0.25) is 5.91 Å². The number of carbonyl (C=O) groups is 2. The van der Waals surface area contributed by atoms with E-state index in [1.165, 1.54) is 12.8 Å². The minimum atomic E-state index is -0.359. The van der Waals surface area contributed by atoms with Gasteiger partial charge in [0.15, 0.2) is 11.4 Å². The molecule has 6 nitrogen and oxygen atoms in total. The molecule has 3 N–H and O–H groups in total. The highest BCUT2D eigenvalue weighted by atomic mass is 79.9. The Bertz CT molecular complexity index is 615. The molecule has 0 radical (unpaired) electrons. The van der Waals surface area contributed by atoms with E-state index in [1.54, 1.807) is 12.3 Å². The van der Waals surface area contributed by atoms with Gasteiger partial charge in [-0.15, -0.1) is 0 Å². The molecule has 2 aliphatic rings. The number of hydrogen-bond acceptors (Lipinski definition) is 4. The number of pyridine rings is 1. The standard InChI is InChI=1S/C16H20BrN3O3/c17-11-5-13(23-8-9-1-2-9)14(19-6-11)16(22)20-7-12(15(18)21)10-3-4-10/h5-6,9-10,12H,1-4,7-8H2,(H2,18,21)(H,20,22)/t12-/m1/s1. The quantitative estimate of drug-likeness (QED) is 0.718. The number of rotatable bonds is 8. The SMILES string of the molecule is NC(=O)[C@H](CNC(=O)c1ncc(Br)cc1OCC1CC1)C1CC1. The molecule has 124 valence electrons. The van der Waals surface area contributed by atoms with Crippen molar-refractivity contribution in [3.8, 4) is 5.75 Å². The van der Waals surface area contributed by atoms with Crippen LogP contribution in [0, 0.1) is 17.8 Å². The highest BCUT2D eigenvalue weighted by Crippen LogP contribution is 2.36. The van der Waals surface area contributed by atoms with Crippen molar-refractivity contribution in [3.63, 3.8) is 0 Å². The van der Waals surface area contributed by atoms with E-state index in [0.29, 0.717) is 24.2 Å². The summed E-state index contributed by atoms with van der Waals surface area (Å²) in [5.41, 5.74) is 5.65. The van der Waals surface area contributed by atoms with Crippen molar-refractivity contribution < 1.29 is 14.3 Å². The van der Waals surface area contributed by atoms with Crippen molar-refractivity contribution in [2.75, 3.05) is 13.2 Å². The fraction of sp³-hybridized carbons (Fsp3) is 0.562. The molecule has 0 aromatic carbocycles. The summed E-state index contributed by atoms with van der Waals surface area (Å²) in [7, 11) is 0. The highest BCUT2D eigenvalue weighted by molar-refractivity contribution is 9.10. The molecule has 23 heavy (non-hydrogen) atoms. The third-order valence-corrected chi connectivity index (χ3v) is 4.68. The first-order valence-electron chi connectivity index (χ1n) is 7.90. The predicted molar refractivity (Wildman–Crippen MR) is 87.9 cm³/mol. The monoisotopic (exact) mass is 381 g/mol. The van der Waals surface area contributed by atoms with Crippen LogP contribution in [0.5, 0.6) is 5.75 Å². The Balaban J connectivity index is 1.64. The van der Waals surface area contributed by atoms with E-state index >= 15 is 0 Å². The molecule has 1 heterocycles. The molecule has 2 amide bonds. The van der Waals surface area contributed by atoms with Crippen LogP contribution in [0.3, 0.4) is 0 Å². The van der Waals surface area contributed by atoms with Crippen molar-refractivity contribution in [3.05, 3.63) is 22.4 Å². The summed E-state index contributed by atoms with van der Waals surface area (Å²) in [5, 5.41) is 2.77. The van der Waals surface area contributed by atoms with Gasteiger partial charge < -0.3 is 15.8 Å². The zero-order valence-corrected chi connectivity index (χ0v) is 14.3. The Kier molecular flexibility index (Phi) is 4.84. The lowest BCUT2D eigenvalue weighted by Crippen LogP contribution is -2.37. The Morgan fingerprint density at radius 1 is 1.39 bits per heavy atom. The normalized spacial score (nSPS) is 18.3. The Morgan fingerprint density at radius 3 is 2.74 bits per heavy atom. The first-order valence-corrected chi connectivity index (χ1v) is 8.69. The van der Waals surface area contributed by atoms with Crippen LogP contribution in [0.15, 0.2) is 16.7 Å². The Labute approximate surface area is 143 Å². The maximum absolute atomic E-state index is 12.4. The van der Waals surface area contributed by atoms with Crippen LogP contribution in [0.4, 0.5) is 0 Å². The summed E-state index contributed by atoms with van der Waals surface area (Å²) < 4.78 is 6.49. The molecule has 2 saturated carbocycles. The Hall–Kier alpha value is -1.63. The van der Waals surface area contributed by atoms with Gasteiger partial charge in [-0.25, -0.2) is 4.98 Å². The van der Waals surface area contributed by atoms with Gasteiger partial charge in [-0.2, -0.15) is 0 Å². The summed E-state index contributed by atoms with van der Waals surface area (Å²) in [5.74, 6) is 0.350. The number of halogens is 1. The molecule has 3 rings (SSSR count). The lowest BCUT2D eigenvalue weighted by Gasteiger charge is -2.14. The molecule has 1 aromatic rings. The minimum Gasteiger partial charge on any atom is -0.491 e. The van der Waals surface area contributed by atoms with Crippen molar-refractivity contribution >= 4 is 27.7 Å². The van der Waals surface area contributed by atoms with Crippen molar-refractivity contribution in [2.24, 2.45) is 23.5 Å². The van der Waals surface area contributed by atoms with E-state index in [1.807, 2.05) is 0 Å². The number of ether oxygens (including phenoxy) is 1. The van der Waals surface area contributed by atoms with E-state index < -0.39 is 0 Å². The molecule has 0 unspecified atom stereocenters. The summed E-state index contributed by atoms with van der Waals surface area (Å²) in [6.07, 6.45) is 5.89. The Morgan fingerprint density at radius 2 is 2.13 bits per heavy atom. The van der Waals surface area contributed by atoms with Crippen molar-refractivity contribution in [2.45, 2.75) is 25.7 Å². The second-order valence-corrected chi connectivity index (χ2v) is 7.23. The van der Waals surface area contributed by atoms with Gasteiger partial charge in [-0.3, -0.25) is 9.59 Å². The smallest absolute Gasteiger partial charge is 0.273 e. The van der Waals surface area contributed by atoms with E-state index in [-0.39, 0.29) is 30.0 Å². The number of carbonyl (C=O) groups excluding carboxylic acids is 2. The van der Waals surface area contributed by atoms with Crippen LogP contribution in [0.2, 0.25) is 0 Å². The first-order chi connectivity index (χ1) is 11.0. The van der Waals surface area contributed by atoms with Gasteiger partial charge in [-0.1, -0.05) is 0 Å². The minimum absolute atomic E-state index is 0.243. The predicted octanol–water partition coefficient (Wildman–Crippen LogP) is 1.87. The highest BCUT2D eigenvalue weighted by Gasteiger charge is 2.35. The number of amides is 2. The molecule has 0 bridgehead atoms. The van der Waals surface area contributed by atoms with Crippen molar-refractivity contribution in [1.82, 2.24) is 10.3 Å². The van der Waals surface area contributed by atoms with Crippen LogP contribution in [0.1, 0.15) is 36.2 Å². The molecular weight excluding hydrogens is 362 g/mol. The summed E-state index contributed by atoms with van der Waals surface area (Å²) in [4.78, 5) is 28.0. The van der Waals surface area contributed by atoms with Crippen LogP contribution in [-0.4, -0.2) is 29.9 Å². The average molecular weight is 382 g/mol. The zero-order chi connectivity index (χ0) is 16.4. The molecule has 2 fully saturated rings. The summed E-state index contributed by atoms with van der Waals surface area (Å²) in [6.45, 7) is 0.850. The molecule has 0 saturated heterocycles. The lowest BCUT2D eigenvalue weighted by molar-refractivity contribution is -0.122. The fourth-order valence-electron chi connectivity index (χ4n) is 2.48. The maximum atomic E-state index is 12.4. The molecular formula is C16H20BrN3O3. The van der Waals surface area contributed by atoms with Crippen LogP contribution in [0.25, 0.3) is 0 Å². The van der Waals surface area contributed by atoms with Gasteiger partial charge in [0, 0.05) is 17.2 Å². The fourth-order valence-corrected chi connectivity index (χ4v) is 2.79. The summed E-state index contributed by atoms with van der Waals surface area (Å²) >= 11 is 3.34. The number of aromatic nitrogens is 1. The first kappa shape index (κ1) is 16.2. The van der Waals surface area contributed by atoms with Crippen LogP contribution < -0.4 is 15.8 Å². The van der Waals surface area contributed by atoms with Gasteiger partial charge in [0.1, 0.15) is 0 Å². The largest absolute Gasteiger partial charge is 0.491 e. The third kappa shape index (κ3) is 4.43. The van der Waals surface area contributed by atoms with Gasteiger partial charge in [0.25, 0.3) is 5.91 Å².